The van der Waals surface area contributed by atoms with Gasteiger partial charge in [-0.1, -0.05) is 30.3 Å². The van der Waals surface area contributed by atoms with Gasteiger partial charge in [0.25, 0.3) is 0 Å². The summed E-state index contributed by atoms with van der Waals surface area (Å²) in [4.78, 5) is 4.12. The predicted octanol–water partition coefficient (Wildman–Crippen LogP) is 1.69. The number of rotatable bonds is 7. The second-order valence-electron chi connectivity index (χ2n) is 4.56. The Labute approximate surface area is 119 Å². The number of nitrogens with one attached hydrogen (secondary N) is 1. The Morgan fingerprint density at radius 3 is 2.60 bits per heavy atom. The largest absolute Gasteiger partial charge is 0.449 e. The molecule has 2 rings (SSSR count). The van der Waals surface area contributed by atoms with E-state index in [2.05, 4.69) is 9.71 Å². The van der Waals surface area contributed by atoms with Crippen LogP contribution in [-0.4, -0.2) is 25.7 Å². The highest BCUT2D eigenvalue weighted by Gasteiger charge is 2.10. The van der Waals surface area contributed by atoms with Crippen molar-refractivity contribution in [2.45, 2.75) is 19.8 Å². The molecule has 20 heavy (non-hydrogen) atoms. The van der Waals surface area contributed by atoms with Crippen molar-refractivity contribution in [2.75, 3.05) is 12.3 Å². The molecule has 0 saturated carbocycles. The van der Waals surface area contributed by atoms with E-state index in [0.717, 1.165) is 11.3 Å². The van der Waals surface area contributed by atoms with Crippen LogP contribution < -0.4 is 4.72 Å². The number of nitrogens with zero attached hydrogens (tertiary/aromatic N) is 1. The monoisotopic (exact) mass is 294 g/mol. The number of aromatic nitrogens is 1. The van der Waals surface area contributed by atoms with E-state index in [1.54, 1.807) is 13.2 Å². The van der Waals surface area contributed by atoms with Crippen LogP contribution in [0.1, 0.15) is 17.1 Å². The minimum absolute atomic E-state index is 0.0921. The van der Waals surface area contributed by atoms with E-state index >= 15 is 0 Å². The van der Waals surface area contributed by atoms with Crippen molar-refractivity contribution >= 4 is 10.0 Å². The average molecular weight is 294 g/mol. The lowest BCUT2D eigenvalue weighted by molar-refractivity contribution is 0.520. The van der Waals surface area contributed by atoms with Gasteiger partial charge in [-0.25, -0.2) is 18.1 Å². The molecule has 0 aliphatic rings. The van der Waals surface area contributed by atoms with E-state index in [4.69, 9.17) is 4.42 Å². The second-order valence-corrected chi connectivity index (χ2v) is 6.48. The number of sulfonamides is 1. The molecule has 0 radical (unpaired) electrons. The topological polar surface area (TPSA) is 72.2 Å². The fourth-order valence-electron chi connectivity index (χ4n) is 1.83. The second kappa shape index (κ2) is 6.67. The highest BCUT2D eigenvalue weighted by molar-refractivity contribution is 7.89. The van der Waals surface area contributed by atoms with Crippen LogP contribution in [-0.2, 0) is 22.9 Å². The van der Waals surface area contributed by atoms with Crippen LogP contribution in [0.25, 0.3) is 0 Å². The molecule has 0 bridgehead atoms. The summed E-state index contributed by atoms with van der Waals surface area (Å²) in [6, 6.07) is 9.57. The third-order valence-corrected chi connectivity index (χ3v) is 4.26. The van der Waals surface area contributed by atoms with Gasteiger partial charge in [0.15, 0.2) is 5.89 Å². The molecule has 6 heteroatoms. The zero-order valence-electron chi connectivity index (χ0n) is 11.4. The molecule has 0 aliphatic heterocycles. The van der Waals surface area contributed by atoms with Crippen molar-refractivity contribution in [3.05, 3.63) is 53.7 Å². The van der Waals surface area contributed by atoms with Crippen molar-refractivity contribution in [2.24, 2.45) is 0 Å². The zero-order valence-corrected chi connectivity index (χ0v) is 12.2. The summed E-state index contributed by atoms with van der Waals surface area (Å²) in [5.41, 5.74) is 1.78. The van der Waals surface area contributed by atoms with Crippen LogP contribution in [0.2, 0.25) is 0 Å². The standard InChI is InChI=1S/C14H18N2O3S/c1-12-16-14(11-19-12)7-9-15-20(17,18)10-8-13-5-3-2-4-6-13/h2-6,11,15H,7-10H2,1H3. The molecule has 0 unspecified atom stereocenters. The first-order valence-corrected chi connectivity index (χ1v) is 8.13. The van der Waals surface area contributed by atoms with E-state index in [9.17, 15) is 8.42 Å². The summed E-state index contributed by atoms with van der Waals surface area (Å²) < 4.78 is 31.3. The molecule has 5 nitrogen and oxygen atoms in total. The van der Waals surface area contributed by atoms with Gasteiger partial charge in [-0.05, 0) is 12.0 Å². The van der Waals surface area contributed by atoms with Gasteiger partial charge in [-0.3, -0.25) is 0 Å². The quantitative estimate of drug-likeness (QED) is 0.843. The lowest BCUT2D eigenvalue weighted by Gasteiger charge is -2.05. The lowest BCUT2D eigenvalue weighted by atomic mass is 10.2. The van der Waals surface area contributed by atoms with E-state index < -0.39 is 10.0 Å². The lowest BCUT2D eigenvalue weighted by Crippen LogP contribution is -2.29. The molecular formula is C14H18N2O3S. The van der Waals surface area contributed by atoms with Crippen LogP contribution >= 0.6 is 0 Å². The zero-order chi connectivity index (χ0) is 14.4. The van der Waals surface area contributed by atoms with E-state index in [1.807, 2.05) is 30.3 Å². The van der Waals surface area contributed by atoms with Crippen LogP contribution in [0, 0.1) is 6.92 Å². The minimum atomic E-state index is -3.25. The average Bonchev–Trinajstić information content (AvgIpc) is 2.83. The van der Waals surface area contributed by atoms with Gasteiger partial charge < -0.3 is 4.42 Å². The van der Waals surface area contributed by atoms with Gasteiger partial charge in [-0.2, -0.15) is 0 Å². The van der Waals surface area contributed by atoms with E-state index in [1.165, 1.54) is 0 Å². The van der Waals surface area contributed by atoms with E-state index in [-0.39, 0.29) is 5.75 Å². The molecule has 0 saturated heterocycles. The van der Waals surface area contributed by atoms with Crippen molar-refractivity contribution < 1.29 is 12.8 Å². The SMILES string of the molecule is Cc1nc(CCNS(=O)(=O)CCc2ccccc2)co1. The summed E-state index contributed by atoms with van der Waals surface area (Å²) in [5, 5.41) is 0. The third-order valence-electron chi connectivity index (χ3n) is 2.87. The van der Waals surface area contributed by atoms with Gasteiger partial charge in [-0.15, -0.1) is 0 Å². The first-order valence-electron chi connectivity index (χ1n) is 6.47. The fraction of sp³-hybridized carbons (Fsp3) is 0.357. The smallest absolute Gasteiger partial charge is 0.211 e. The highest BCUT2D eigenvalue weighted by atomic mass is 32.2. The maximum Gasteiger partial charge on any atom is 0.211 e. The Balaban J connectivity index is 1.76. The molecule has 0 aliphatic carbocycles. The van der Waals surface area contributed by atoms with Gasteiger partial charge in [0, 0.05) is 19.9 Å². The van der Waals surface area contributed by atoms with Crippen molar-refractivity contribution in [3.8, 4) is 0 Å². The Bertz CT molecular complexity index is 635. The first-order chi connectivity index (χ1) is 9.55. The summed E-state index contributed by atoms with van der Waals surface area (Å²) in [6.45, 7) is 2.09. The van der Waals surface area contributed by atoms with E-state index in [0.29, 0.717) is 25.3 Å². The molecule has 0 atom stereocenters. The van der Waals surface area contributed by atoms with Crippen molar-refractivity contribution in [1.29, 1.82) is 0 Å². The molecule has 0 amide bonds. The van der Waals surface area contributed by atoms with Gasteiger partial charge in [0.1, 0.15) is 6.26 Å². The Hall–Kier alpha value is -1.66. The minimum Gasteiger partial charge on any atom is -0.449 e. The summed E-state index contributed by atoms with van der Waals surface area (Å²) in [5.74, 6) is 0.682. The number of aryl methyl sites for hydroxylation is 2. The molecule has 1 heterocycles. The predicted molar refractivity (Wildman–Crippen MR) is 76.9 cm³/mol. The Kier molecular flexibility index (Phi) is 4.92. The molecule has 1 aromatic heterocycles. The van der Waals surface area contributed by atoms with Crippen molar-refractivity contribution in [3.63, 3.8) is 0 Å². The van der Waals surface area contributed by atoms with Crippen LogP contribution in [0.4, 0.5) is 0 Å². The maximum absolute atomic E-state index is 11.8. The summed E-state index contributed by atoms with van der Waals surface area (Å²) in [6.07, 6.45) is 2.59. The first kappa shape index (κ1) is 14.7. The molecule has 108 valence electrons. The number of benzene rings is 1. The number of hydrogen-bond donors (Lipinski definition) is 1. The third kappa shape index (κ3) is 4.79. The fourth-order valence-corrected chi connectivity index (χ4v) is 2.89. The Morgan fingerprint density at radius 1 is 1.20 bits per heavy atom. The Morgan fingerprint density at radius 2 is 1.95 bits per heavy atom. The molecule has 2 aromatic rings. The maximum atomic E-state index is 11.8. The van der Waals surface area contributed by atoms with Crippen LogP contribution in [0.3, 0.4) is 0 Å². The molecular weight excluding hydrogens is 276 g/mol. The summed E-state index contributed by atoms with van der Waals surface area (Å²) in [7, 11) is -3.25. The van der Waals surface area contributed by atoms with Crippen molar-refractivity contribution in [1.82, 2.24) is 9.71 Å². The van der Waals surface area contributed by atoms with Crippen LogP contribution in [0.15, 0.2) is 41.0 Å². The molecule has 0 spiro atoms. The molecule has 1 N–H and O–H groups in total. The normalized spacial score (nSPS) is 11.7. The molecule has 0 fully saturated rings. The number of oxazole rings is 1. The molecule has 1 aromatic carbocycles. The van der Waals surface area contributed by atoms with Gasteiger partial charge in [0.2, 0.25) is 10.0 Å². The summed E-state index contributed by atoms with van der Waals surface area (Å²) >= 11 is 0. The van der Waals surface area contributed by atoms with Gasteiger partial charge >= 0.3 is 0 Å². The number of hydrogen-bond acceptors (Lipinski definition) is 4. The highest BCUT2D eigenvalue weighted by Crippen LogP contribution is 2.03. The van der Waals surface area contributed by atoms with Gasteiger partial charge in [0.05, 0.1) is 11.4 Å². The van der Waals surface area contributed by atoms with Crippen LogP contribution in [0.5, 0.6) is 0 Å².